The molecule has 0 aromatic heterocycles. The van der Waals surface area contributed by atoms with Gasteiger partial charge in [-0.05, 0) is 28.0 Å². The Morgan fingerprint density at radius 2 is 1.62 bits per heavy atom. The Morgan fingerprint density at radius 1 is 1.06 bits per heavy atom. The van der Waals surface area contributed by atoms with Gasteiger partial charge in [0.05, 0.1) is 0 Å². The molecule has 0 aliphatic rings. The van der Waals surface area contributed by atoms with Crippen molar-refractivity contribution >= 4 is 56.4 Å². The number of halogens is 5. The fraction of sp³-hybridized carbons (Fsp3) is 0.333. The first-order chi connectivity index (χ1) is 7.33. The first kappa shape index (κ1) is 14.7. The molecule has 1 aromatic carbocycles. The van der Waals surface area contributed by atoms with Gasteiger partial charge >= 0.3 is 5.38 Å². The summed E-state index contributed by atoms with van der Waals surface area (Å²) in [6, 6.07) is 9.38. The van der Waals surface area contributed by atoms with Crippen LogP contribution < -0.4 is 0 Å². The minimum absolute atomic E-state index is 0.527. The molecule has 0 nitrogen and oxygen atoms in total. The third-order valence-corrected chi connectivity index (χ3v) is 6.13. The first-order valence-corrected chi connectivity index (χ1v) is 7.57. The fourth-order valence-electron chi connectivity index (χ4n) is 0.793. The third kappa shape index (κ3) is 4.49. The second-order valence-corrected chi connectivity index (χ2v) is 7.61. The van der Waals surface area contributed by atoms with E-state index >= 15 is 0 Å². The average molecular weight is 324 g/mol. The molecule has 0 aliphatic heterocycles. The molecule has 1 rings (SSSR count). The molecule has 0 heterocycles. The molecule has 0 saturated carbocycles. The Labute approximate surface area is 115 Å². The zero-order valence-corrected chi connectivity index (χ0v) is 11.7. The Bertz CT molecular complexity index is 327. The lowest BCUT2D eigenvalue weighted by Gasteiger charge is -2.22. The minimum Gasteiger partial charge on any atom is -0.184 e. The van der Waals surface area contributed by atoms with Gasteiger partial charge < -0.3 is 0 Å². The molecular formula is C9H7Cl3F2S2. The molecule has 0 fully saturated rings. The summed E-state index contributed by atoms with van der Waals surface area (Å²) in [5.74, 6) is 0.527. The summed E-state index contributed by atoms with van der Waals surface area (Å²) in [5.41, 5.74) is 1.00. The van der Waals surface area contributed by atoms with Crippen LogP contribution >= 0.6 is 56.4 Å². The van der Waals surface area contributed by atoms with Crippen LogP contribution in [0.4, 0.5) is 8.78 Å². The summed E-state index contributed by atoms with van der Waals surface area (Å²) in [4.78, 5) is 0. The molecule has 1 aromatic rings. The molecule has 0 amide bonds. The molecule has 0 N–H and O–H groups in total. The quantitative estimate of drug-likeness (QED) is 0.516. The van der Waals surface area contributed by atoms with Crippen molar-refractivity contribution < 1.29 is 8.78 Å². The van der Waals surface area contributed by atoms with Gasteiger partial charge in [-0.2, -0.15) is 8.78 Å². The van der Waals surface area contributed by atoms with Gasteiger partial charge in [0.1, 0.15) is 0 Å². The van der Waals surface area contributed by atoms with Gasteiger partial charge in [-0.15, -0.1) is 0 Å². The number of hydrogen-bond donors (Lipinski definition) is 0. The van der Waals surface area contributed by atoms with Gasteiger partial charge in [-0.3, -0.25) is 0 Å². The van der Waals surface area contributed by atoms with Crippen molar-refractivity contribution in [2.45, 2.75) is 14.8 Å². The molecule has 16 heavy (non-hydrogen) atoms. The molecule has 0 radical (unpaired) electrons. The highest BCUT2D eigenvalue weighted by Gasteiger charge is 2.51. The van der Waals surface area contributed by atoms with E-state index < -0.39 is 9.05 Å². The second-order valence-electron chi connectivity index (χ2n) is 2.85. The summed E-state index contributed by atoms with van der Waals surface area (Å²) in [5, 5.41) is -3.66. The summed E-state index contributed by atoms with van der Waals surface area (Å²) in [6.45, 7) is 0. The van der Waals surface area contributed by atoms with E-state index in [1.807, 2.05) is 30.3 Å². The van der Waals surface area contributed by atoms with Gasteiger partial charge in [0, 0.05) is 5.75 Å². The minimum atomic E-state index is -3.66. The zero-order chi connectivity index (χ0) is 12.2. The fourth-order valence-corrected chi connectivity index (χ4v) is 3.82. The molecule has 0 spiro atoms. The van der Waals surface area contributed by atoms with E-state index in [-0.39, 0.29) is 0 Å². The van der Waals surface area contributed by atoms with Gasteiger partial charge in [0.25, 0.3) is 3.67 Å². The Hall–Kier alpha value is 0.650. The maximum Gasteiger partial charge on any atom is 0.364 e. The molecule has 0 saturated heterocycles. The standard InChI is InChI=1S/C9H7Cl3F2S2/c10-8(11,9(12,13)14)16-15-6-7-4-2-1-3-5-7/h1-5H,6H2. The van der Waals surface area contributed by atoms with Crippen molar-refractivity contribution in [1.82, 2.24) is 0 Å². The summed E-state index contributed by atoms with van der Waals surface area (Å²) < 4.78 is 23.1. The maximum absolute atomic E-state index is 12.7. The lowest BCUT2D eigenvalue weighted by molar-refractivity contribution is 0.104. The van der Waals surface area contributed by atoms with Crippen LogP contribution in [-0.4, -0.2) is 9.05 Å². The van der Waals surface area contributed by atoms with Crippen molar-refractivity contribution in [1.29, 1.82) is 0 Å². The van der Waals surface area contributed by atoms with Crippen LogP contribution in [0.2, 0.25) is 0 Å². The number of benzene rings is 1. The van der Waals surface area contributed by atoms with Crippen molar-refractivity contribution in [2.24, 2.45) is 0 Å². The van der Waals surface area contributed by atoms with Crippen LogP contribution in [0.25, 0.3) is 0 Å². The van der Waals surface area contributed by atoms with E-state index in [2.05, 4.69) is 0 Å². The highest BCUT2D eigenvalue weighted by molar-refractivity contribution is 8.77. The smallest absolute Gasteiger partial charge is 0.184 e. The first-order valence-electron chi connectivity index (χ1n) is 4.12. The van der Waals surface area contributed by atoms with Crippen LogP contribution in [0, 0.1) is 0 Å². The van der Waals surface area contributed by atoms with Crippen molar-refractivity contribution in [3.05, 3.63) is 35.9 Å². The number of alkyl halides is 5. The molecular weight excluding hydrogens is 317 g/mol. The highest BCUT2D eigenvalue weighted by Crippen LogP contribution is 2.54. The monoisotopic (exact) mass is 322 g/mol. The van der Waals surface area contributed by atoms with Gasteiger partial charge in [0.15, 0.2) is 0 Å². The maximum atomic E-state index is 12.7. The normalized spacial score (nSPS) is 12.8. The van der Waals surface area contributed by atoms with Gasteiger partial charge in [-0.1, -0.05) is 64.3 Å². The lowest BCUT2D eigenvalue weighted by atomic mass is 10.2. The van der Waals surface area contributed by atoms with Crippen molar-refractivity contribution in [2.75, 3.05) is 0 Å². The third-order valence-electron chi connectivity index (χ3n) is 1.56. The van der Waals surface area contributed by atoms with E-state index in [0.29, 0.717) is 16.5 Å². The van der Waals surface area contributed by atoms with E-state index in [0.717, 1.165) is 16.4 Å². The van der Waals surface area contributed by atoms with E-state index in [1.165, 1.54) is 0 Å². The van der Waals surface area contributed by atoms with Crippen LogP contribution in [0.5, 0.6) is 0 Å². The topological polar surface area (TPSA) is 0 Å². The predicted octanol–water partition coefficient (Wildman–Crippen LogP) is 5.53. The Morgan fingerprint density at radius 3 is 2.12 bits per heavy atom. The molecule has 7 heteroatoms. The summed E-state index contributed by atoms with van der Waals surface area (Å²) in [7, 11) is 1.77. The van der Waals surface area contributed by atoms with Crippen LogP contribution in [-0.2, 0) is 5.75 Å². The molecule has 0 aliphatic carbocycles. The van der Waals surface area contributed by atoms with E-state index in [4.69, 9.17) is 34.8 Å². The highest BCUT2D eigenvalue weighted by atomic mass is 35.5. The zero-order valence-electron chi connectivity index (χ0n) is 7.80. The van der Waals surface area contributed by atoms with Crippen molar-refractivity contribution in [3.63, 3.8) is 0 Å². The Balaban J connectivity index is 2.42. The van der Waals surface area contributed by atoms with Gasteiger partial charge in [0.2, 0.25) is 0 Å². The molecule has 0 atom stereocenters. The molecule has 0 bridgehead atoms. The average Bonchev–Trinajstić information content (AvgIpc) is 2.17. The molecule has 0 unspecified atom stereocenters. The van der Waals surface area contributed by atoms with E-state index in [1.54, 1.807) is 0 Å². The summed E-state index contributed by atoms with van der Waals surface area (Å²) >= 11 is 15.6. The summed E-state index contributed by atoms with van der Waals surface area (Å²) in [6.07, 6.45) is 0. The van der Waals surface area contributed by atoms with Crippen LogP contribution in [0.1, 0.15) is 5.56 Å². The SMILES string of the molecule is FC(F)(Cl)C(Cl)(Cl)SSCc1ccccc1. The largest absolute Gasteiger partial charge is 0.364 e. The Kier molecular flexibility index (Phi) is 5.52. The number of hydrogen-bond acceptors (Lipinski definition) is 2. The second kappa shape index (κ2) is 6.01. The molecule has 90 valence electrons. The van der Waals surface area contributed by atoms with Crippen molar-refractivity contribution in [3.8, 4) is 0 Å². The van der Waals surface area contributed by atoms with Gasteiger partial charge in [-0.25, -0.2) is 0 Å². The van der Waals surface area contributed by atoms with Crippen LogP contribution in [0.3, 0.4) is 0 Å². The van der Waals surface area contributed by atoms with Crippen LogP contribution in [0.15, 0.2) is 30.3 Å². The lowest BCUT2D eigenvalue weighted by Crippen LogP contribution is -2.28. The predicted molar refractivity (Wildman–Crippen MR) is 70.6 cm³/mol. The number of rotatable bonds is 5. The van der Waals surface area contributed by atoms with E-state index in [9.17, 15) is 8.78 Å².